The molecule has 2 aromatic carbocycles. The molecule has 2 amide bonds. The van der Waals surface area contributed by atoms with E-state index >= 15 is 0 Å². The van der Waals surface area contributed by atoms with Crippen LogP contribution in [0.3, 0.4) is 0 Å². The number of aliphatic carboxylic acids is 1. The summed E-state index contributed by atoms with van der Waals surface area (Å²) in [6.45, 7) is 2.41. The highest BCUT2D eigenvalue weighted by Crippen LogP contribution is 2.44. The van der Waals surface area contributed by atoms with Gasteiger partial charge in [0, 0.05) is 44.1 Å². The van der Waals surface area contributed by atoms with Crippen molar-refractivity contribution in [2.45, 2.75) is 31.2 Å². The summed E-state index contributed by atoms with van der Waals surface area (Å²) in [5.74, 6) is -1.60. The van der Waals surface area contributed by atoms with Crippen LogP contribution >= 0.6 is 0 Å². The lowest BCUT2D eigenvalue weighted by Gasteiger charge is -2.33. The number of carbonyl (C=O) groups excluding carboxylic acids is 2. The second-order valence-electron chi connectivity index (χ2n) is 8.55. The molecule has 178 valence electrons. The zero-order valence-corrected chi connectivity index (χ0v) is 19.0. The van der Waals surface area contributed by atoms with Gasteiger partial charge in [-0.3, -0.25) is 4.79 Å². The summed E-state index contributed by atoms with van der Waals surface area (Å²) in [7, 11) is 0. The van der Waals surface area contributed by atoms with Crippen molar-refractivity contribution < 1.29 is 29.0 Å². The first-order valence-electron chi connectivity index (χ1n) is 11.3. The van der Waals surface area contributed by atoms with Crippen molar-refractivity contribution in [2.75, 3.05) is 26.4 Å². The molecule has 8 heteroatoms. The van der Waals surface area contributed by atoms with Crippen LogP contribution in [0.25, 0.3) is 11.1 Å². The van der Waals surface area contributed by atoms with Crippen molar-refractivity contribution in [1.29, 1.82) is 0 Å². The first-order valence-corrected chi connectivity index (χ1v) is 11.3. The minimum atomic E-state index is -1.33. The monoisotopic (exact) mass is 464 g/mol. The zero-order valence-electron chi connectivity index (χ0n) is 19.0. The van der Waals surface area contributed by atoms with E-state index in [0.29, 0.717) is 5.57 Å². The van der Waals surface area contributed by atoms with Crippen LogP contribution in [-0.4, -0.2) is 55.0 Å². The van der Waals surface area contributed by atoms with Gasteiger partial charge in [0.25, 0.3) is 0 Å². The number of ether oxygens (including phenoxy) is 2. The van der Waals surface area contributed by atoms with Crippen molar-refractivity contribution in [3.8, 4) is 11.1 Å². The molecule has 2 aliphatic rings. The maximum absolute atomic E-state index is 12.5. The highest BCUT2D eigenvalue weighted by molar-refractivity contribution is 5.97. The van der Waals surface area contributed by atoms with E-state index in [-0.39, 0.29) is 45.1 Å². The summed E-state index contributed by atoms with van der Waals surface area (Å²) in [5, 5.41) is 14.8. The normalized spacial score (nSPS) is 16.8. The second kappa shape index (κ2) is 10.1. The van der Waals surface area contributed by atoms with Crippen molar-refractivity contribution in [2.24, 2.45) is 0 Å². The SMILES string of the molecule is C/C(=C\CNC(=O)OCC1c2ccccc2-c2ccccc21)C(=O)NC1(C(=O)O)CCOCC1. The summed E-state index contributed by atoms with van der Waals surface area (Å²) in [6.07, 6.45) is 1.36. The Bertz CT molecular complexity index is 1070. The molecular formula is C26H28N2O6. The van der Waals surface area contributed by atoms with Gasteiger partial charge in [-0.1, -0.05) is 54.6 Å². The number of carboxylic acids is 1. The Morgan fingerprint density at radius 1 is 1.06 bits per heavy atom. The van der Waals surface area contributed by atoms with Crippen LogP contribution < -0.4 is 10.6 Å². The number of hydrogen-bond donors (Lipinski definition) is 3. The second-order valence-corrected chi connectivity index (χ2v) is 8.55. The molecular weight excluding hydrogens is 436 g/mol. The van der Waals surface area contributed by atoms with Crippen molar-refractivity contribution in [1.82, 2.24) is 10.6 Å². The predicted octanol–water partition coefficient (Wildman–Crippen LogP) is 3.22. The van der Waals surface area contributed by atoms with E-state index in [0.717, 1.165) is 22.3 Å². The Morgan fingerprint density at radius 2 is 1.65 bits per heavy atom. The molecule has 1 aliphatic heterocycles. The largest absolute Gasteiger partial charge is 0.480 e. The number of alkyl carbamates (subject to hydrolysis) is 1. The molecule has 0 bridgehead atoms. The van der Waals surface area contributed by atoms with Crippen LogP contribution in [0.2, 0.25) is 0 Å². The molecule has 0 aromatic heterocycles. The smallest absolute Gasteiger partial charge is 0.407 e. The number of carbonyl (C=O) groups is 3. The van der Waals surface area contributed by atoms with E-state index in [9.17, 15) is 19.5 Å². The molecule has 34 heavy (non-hydrogen) atoms. The van der Waals surface area contributed by atoms with Crippen molar-refractivity contribution in [3.05, 3.63) is 71.3 Å². The molecule has 8 nitrogen and oxygen atoms in total. The summed E-state index contributed by atoms with van der Waals surface area (Å²) in [6, 6.07) is 16.2. The molecule has 0 saturated carbocycles. The predicted molar refractivity (Wildman–Crippen MR) is 125 cm³/mol. The van der Waals surface area contributed by atoms with Gasteiger partial charge in [0.05, 0.1) is 0 Å². The molecule has 3 N–H and O–H groups in total. The third kappa shape index (κ3) is 4.82. The van der Waals surface area contributed by atoms with E-state index in [1.165, 1.54) is 6.08 Å². The van der Waals surface area contributed by atoms with E-state index in [2.05, 4.69) is 22.8 Å². The Labute approximate surface area is 198 Å². The lowest BCUT2D eigenvalue weighted by atomic mass is 9.89. The topological polar surface area (TPSA) is 114 Å². The zero-order chi connectivity index (χ0) is 24.1. The Balaban J connectivity index is 1.30. The van der Waals surface area contributed by atoms with Gasteiger partial charge in [0.1, 0.15) is 12.1 Å². The molecule has 4 rings (SSSR count). The highest BCUT2D eigenvalue weighted by Gasteiger charge is 2.41. The lowest BCUT2D eigenvalue weighted by molar-refractivity contribution is -0.151. The van der Waals surface area contributed by atoms with Crippen LogP contribution in [0.4, 0.5) is 4.79 Å². The minimum absolute atomic E-state index is 0.0344. The van der Waals surface area contributed by atoms with Gasteiger partial charge >= 0.3 is 12.1 Å². The average molecular weight is 465 g/mol. The van der Waals surface area contributed by atoms with Crippen LogP contribution in [0, 0.1) is 0 Å². The first-order chi connectivity index (χ1) is 16.4. The van der Waals surface area contributed by atoms with Gasteiger partial charge in [-0.25, -0.2) is 9.59 Å². The summed E-state index contributed by atoms with van der Waals surface area (Å²) >= 11 is 0. The molecule has 2 aromatic rings. The number of hydrogen-bond acceptors (Lipinski definition) is 5. The fraction of sp³-hybridized carbons (Fsp3) is 0.346. The molecule has 1 saturated heterocycles. The third-order valence-corrected chi connectivity index (χ3v) is 6.47. The number of benzene rings is 2. The fourth-order valence-electron chi connectivity index (χ4n) is 4.46. The Hall–Kier alpha value is -3.65. The maximum atomic E-state index is 12.5. The van der Waals surface area contributed by atoms with E-state index in [4.69, 9.17) is 9.47 Å². The van der Waals surface area contributed by atoms with Gasteiger partial charge in [0.15, 0.2) is 0 Å². The van der Waals surface area contributed by atoms with Gasteiger partial charge in [-0.05, 0) is 29.2 Å². The minimum Gasteiger partial charge on any atom is -0.480 e. The molecule has 0 spiro atoms. The molecule has 1 heterocycles. The fourth-order valence-corrected chi connectivity index (χ4v) is 4.46. The van der Waals surface area contributed by atoms with E-state index in [1.807, 2.05) is 36.4 Å². The van der Waals surface area contributed by atoms with E-state index < -0.39 is 23.5 Å². The summed E-state index contributed by atoms with van der Waals surface area (Å²) in [4.78, 5) is 36.5. The van der Waals surface area contributed by atoms with Gasteiger partial charge in [-0.15, -0.1) is 0 Å². The number of amides is 2. The quantitative estimate of drug-likeness (QED) is 0.542. The first kappa shape index (κ1) is 23.5. The Kier molecular flexibility index (Phi) is 6.98. The molecule has 0 radical (unpaired) electrons. The van der Waals surface area contributed by atoms with Gasteiger partial charge in [0.2, 0.25) is 5.91 Å². The standard InChI is InChI=1S/C26H28N2O6/c1-17(23(29)28-26(24(30)31)11-14-33-15-12-26)10-13-27-25(32)34-16-22-20-8-4-2-6-18(20)19-7-3-5-9-21(19)22/h2-10,22H,11-16H2,1H3,(H,27,32)(H,28,29)(H,30,31)/b17-10+. The van der Waals surface area contributed by atoms with Crippen LogP contribution in [0.5, 0.6) is 0 Å². The Morgan fingerprint density at radius 3 is 2.24 bits per heavy atom. The lowest BCUT2D eigenvalue weighted by Crippen LogP contribution is -2.57. The number of carboxylic acid groups (broad SMARTS) is 1. The van der Waals surface area contributed by atoms with Crippen molar-refractivity contribution >= 4 is 18.0 Å². The summed E-state index contributed by atoms with van der Waals surface area (Å²) in [5.41, 5.74) is 3.55. The molecule has 0 atom stereocenters. The number of nitrogens with one attached hydrogen (secondary N) is 2. The third-order valence-electron chi connectivity index (χ3n) is 6.47. The highest BCUT2D eigenvalue weighted by atomic mass is 16.5. The van der Waals surface area contributed by atoms with Gasteiger partial charge in [-0.2, -0.15) is 0 Å². The number of rotatable bonds is 7. The number of fused-ring (bicyclic) bond motifs is 3. The molecule has 0 unspecified atom stereocenters. The molecule has 1 aliphatic carbocycles. The van der Waals surface area contributed by atoms with Crippen LogP contribution in [-0.2, 0) is 19.1 Å². The van der Waals surface area contributed by atoms with Crippen LogP contribution in [0.1, 0.15) is 36.8 Å². The van der Waals surface area contributed by atoms with Crippen LogP contribution in [0.15, 0.2) is 60.2 Å². The van der Waals surface area contributed by atoms with E-state index in [1.54, 1.807) is 6.92 Å². The molecule has 1 fully saturated rings. The maximum Gasteiger partial charge on any atom is 0.407 e. The van der Waals surface area contributed by atoms with Gasteiger partial charge < -0.3 is 25.2 Å². The summed E-state index contributed by atoms with van der Waals surface area (Å²) < 4.78 is 10.7. The average Bonchev–Trinajstić information content (AvgIpc) is 3.17. The van der Waals surface area contributed by atoms with Crippen molar-refractivity contribution in [3.63, 3.8) is 0 Å².